The van der Waals surface area contributed by atoms with Gasteiger partial charge >= 0.3 is 0 Å². The third-order valence-electron chi connectivity index (χ3n) is 12.6. The molecule has 0 fully saturated rings. The van der Waals surface area contributed by atoms with E-state index in [-0.39, 0.29) is 0 Å². The van der Waals surface area contributed by atoms with Crippen LogP contribution in [-0.2, 0) is 0 Å². The Bertz CT molecular complexity index is 3770. The van der Waals surface area contributed by atoms with Crippen LogP contribution in [0.1, 0.15) is 0 Å². The standard InChI is InChI=1S/C58H34O2/c1-2-15-35(16-3-1)54-44-22-8-10-24-46(44)57(47-25-11-9-23-45(47)54)49-27-14-26-48-39-31-29-37(34-53(39)60-58(48)49)56-42-20-6-4-18-40(42)55(41-19-5-7-21-43(41)56)36-30-32-52-50(33-36)38-17-12-13-28-51(38)59-52/h1-34H. The van der Waals surface area contributed by atoms with Gasteiger partial charge in [0.15, 0.2) is 0 Å². The van der Waals surface area contributed by atoms with Gasteiger partial charge in [-0.3, -0.25) is 0 Å². The van der Waals surface area contributed by atoms with Crippen LogP contribution in [0.3, 0.4) is 0 Å². The predicted molar refractivity (Wildman–Crippen MR) is 253 cm³/mol. The number of rotatable bonds is 4. The van der Waals surface area contributed by atoms with Crippen LogP contribution in [0.15, 0.2) is 215 Å². The maximum absolute atomic E-state index is 7.09. The number of benzene rings is 11. The van der Waals surface area contributed by atoms with Gasteiger partial charge in [-0.2, -0.15) is 0 Å². The molecule has 13 rings (SSSR count). The van der Waals surface area contributed by atoms with Gasteiger partial charge in [-0.1, -0.05) is 176 Å². The third kappa shape index (κ3) is 4.76. The highest BCUT2D eigenvalue weighted by Gasteiger charge is 2.22. The van der Waals surface area contributed by atoms with Crippen molar-refractivity contribution in [3.63, 3.8) is 0 Å². The molecule has 11 aromatic carbocycles. The summed E-state index contributed by atoms with van der Waals surface area (Å²) in [7, 11) is 0. The van der Waals surface area contributed by atoms with Crippen LogP contribution in [-0.4, -0.2) is 0 Å². The van der Waals surface area contributed by atoms with Gasteiger partial charge < -0.3 is 8.83 Å². The van der Waals surface area contributed by atoms with Gasteiger partial charge in [-0.15, -0.1) is 0 Å². The minimum atomic E-state index is 0.874. The highest BCUT2D eigenvalue weighted by molar-refractivity contribution is 6.25. The summed E-state index contributed by atoms with van der Waals surface area (Å²) in [6.07, 6.45) is 0. The van der Waals surface area contributed by atoms with Crippen LogP contribution < -0.4 is 0 Å². The molecule has 0 N–H and O–H groups in total. The molecule has 0 radical (unpaired) electrons. The van der Waals surface area contributed by atoms with E-state index in [9.17, 15) is 0 Å². The van der Waals surface area contributed by atoms with Crippen molar-refractivity contribution in [2.75, 3.05) is 0 Å². The number of fused-ring (bicyclic) bond motifs is 10. The van der Waals surface area contributed by atoms with Crippen molar-refractivity contribution in [1.82, 2.24) is 0 Å². The molecule has 2 nitrogen and oxygen atoms in total. The van der Waals surface area contributed by atoms with E-state index in [1.807, 2.05) is 12.1 Å². The molecule has 0 aliphatic heterocycles. The molecular formula is C58H34O2. The quantitative estimate of drug-likeness (QED) is 0.167. The molecule has 0 atom stereocenters. The van der Waals surface area contributed by atoms with Crippen molar-refractivity contribution in [3.05, 3.63) is 206 Å². The van der Waals surface area contributed by atoms with E-state index < -0.39 is 0 Å². The summed E-state index contributed by atoms with van der Waals surface area (Å²) in [5, 5.41) is 14.2. The van der Waals surface area contributed by atoms with Crippen molar-refractivity contribution in [1.29, 1.82) is 0 Å². The zero-order chi connectivity index (χ0) is 39.3. The number of furan rings is 2. The second kappa shape index (κ2) is 12.8. The Kier molecular flexibility index (Phi) is 7.05. The van der Waals surface area contributed by atoms with Gasteiger partial charge in [0, 0.05) is 32.7 Å². The molecule has 60 heavy (non-hydrogen) atoms. The molecule has 0 amide bonds. The molecule has 0 unspecified atom stereocenters. The smallest absolute Gasteiger partial charge is 0.143 e. The molecule has 0 saturated carbocycles. The Morgan fingerprint density at radius 3 is 1.25 bits per heavy atom. The molecule has 0 aliphatic rings. The zero-order valence-corrected chi connectivity index (χ0v) is 32.4. The van der Waals surface area contributed by atoms with Crippen molar-refractivity contribution in [3.8, 4) is 44.5 Å². The molecule has 0 bridgehead atoms. The van der Waals surface area contributed by atoms with E-state index in [1.54, 1.807) is 0 Å². The first-order valence-electron chi connectivity index (χ1n) is 20.6. The highest BCUT2D eigenvalue weighted by Crippen LogP contribution is 2.49. The first kappa shape index (κ1) is 33.1. The van der Waals surface area contributed by atoms with Gasteiger partial charge in [0.2, 0.25) is 0 Å². The Hall–Kier alpha value is -7.94. The van der Waals surface area contributed by atoms with E-state index in [1.165, 1.54) is 76.5 Å². The van der Waals surface area contributed by atoms with Gasteiger partial charge in [-0.25, -0.2) is 0 Å². The summed E-state index contributed by atoms with van der Waals surface area (Å²) in [6.45, 7) is 0. The summed E-state index contributed by atoms with van der Waals surface area (Å²) >= 11 is 0. The monoisotopic (exact) mass is 762 g/mol. The second-order valence-corrected chi connectivity index (χ2v) is 15.9. The molecule has 0 saturated heterocycles. The maximum atomic E-state index is 7.09. The molecule has 278 valence electrons. The third-order valence-corrected chi connectivity index (χ3v) is 12.6. The SMILES string of the molecule is c1ccc(-c2c3ccccc3c(-c3cccc4c3oc3cc(-c5c6ccccc6c(-c6ccc7oc8ccccc8c7c6)c6ccccc56)ccc34)c3ccccc23)cc1. The van der Waals surface area contributed by atoms with Crippen LogP contribution >= 0.6 is 0 Å². The maximum Gasteiger partial charge on any atom is 0.143 e. The zero-order valence-electron chi connectivity index (χ0n) is 32.4. The number of para-hydroxylation sites is 2. The summed E-state index contributed by atoms with van der Waals surface area (Å²) in [5.41, 5.74) is 13.1. The molecule has 0 aliphatic carbocycles. The largest absolute Gasteiger partial charge is 0.456 e. The van der Waals surface area contributed by atoms with Gasteiger partial charge in [0.25, 0.3) is 0 Å². The van der Waals surface area contributed by atoms with Crippen molar-refractivity contribution >= 4 is 87.0 Å². The summed E-state index contributed by atoms with van der Waals surface area (Å²) in [5.74, 6) is 0. The van der Waals surface area contributed by atoms with Crippen LogP contribution in [0, 0.1) is 0 Å². The number of hydrogen-bond acceptors (Lipinski definition) is 2. The average Bonchev–Trinajstić information content (AvgIpc) is 3.88. The summed E-state index contributed by atoms with van der Waals surface area (Å²) in [4.78, 5) is 0. The molecule has 2 aromatic heterocycles. The first-order valence-corrected chi connectivity index (χ1v) is 20.6. The lowest BCUT2D eigenvalue weighted by atomic mass is 9.85. The van der Waals surface area contributed by atoms with Crippen LogP contribution in [0.25, 0.3) is 131 Å². The van der Waals surface area contributed by atoms with Crippen LogP contribution in [0.5, 0.6) is 0 Å². The lowest BCUT2D eigenvalue weighted by molar-refractivity contribution is 0.669. The minimum absolute atomic E-state index is 0.874. The predicted octanol–water partition coefficient (Wildman–Crippen LogP) is 16.8. The van der Waals surface area contributed by atoms with E-state index >= 15 is 0 Å². The first-order chi connectivity index (χ1) is 29.8. The second-order valence-electron chi connectivity index (χ2n) is 15.9. The summed E-state index contributed by atoms with van der Waals surface area (Å²) < 4.78 is 13.3. The van der Waals surface area contributed by atoms with Crippen molar-refractivity contribution in [2.45, 2.75) is 0 Å². The van der Waals surface area contributed by atoms with E-state index in [2.05, 4.69) is 194 Å². The highest BCUT2D eigenvalue weighted by atomic mass is 16.3. The fourth-order valence-electron chi connectivity index (χ4n) is 10.1. The average molecular weight is 763 g/mol. The van der Waals surface area contributed by atoms with Gasteiger partial charge in [-0.05, 0) is 107 Å². The fourth-order valence-corrected chi connectivity index (χ4v) is 10.1. The normalized spacial score (nSPS) is 12.0. The Morgan fingerprint density at radius 1 is 0.217 bits per heavy atom. The molecule has 13 aromatic rings. The topological polar surface area (TPSA) is 26.3 Å². The Morgan fingerprint density at radius 2 is 0.650 bits per heavy atom. The molecule has 0 spiro atoms. The Balaban J connectivity index is 1.04. The summed E-state index contributed by atoms with van der Waals surface area (Å²) in [6, 6.07) is 74.4. The molecular weight excluding hydrogens is 729 g/mol. The van der Waals surface area contributed by atoms with Crippen LogP contribution in [0.4, 0.5) is 0 Å². The lowest BCUT2D eigenvalue weighted by Gasteiger charge is -2.17. The lowest BCUT2D eigenvalue weighted by Crippen LogP contribution is -1.90. The van der Waals surface area contributed by atoms with E-state index in [0.29, 0.717) is 0 Å². The number of hydrogen-bond donors (Lipinski definition) is 0. The van der Waals surface area contributed by atoms with Crippen LogP contribution in [0.2, 0.25) is 0 Å². The fraction of sp³-hybridized carbons (Fsp3) is 0. The molecule has 2 heterocycles. The van der Waals surface area contributed by atoms with Crippen molar-refractivity contribution < 1.29 is 8.83 Å². The van der Waals surface area contributed by atoms with E-state index in [4.69, 9.17) is 8.83 Å². The Labute approximate surface area is 345 Å². The molecule has 2 heteroatoms. The van der Waals surface area contributed by atoms with E-state index in [0.717, 1.165) is 55.0 Å². The minimum Gasteiger partial charge on any atom is -0.456 e. The van der Waals surface area contributed by atoms with Crippen molar-refractivity contribution in [2.24, 2.45) is 0 Å². The van der Waals surface area contributed by atoms with Gasteiger partial charge in [0.05, 0.1) is 0 Å². The van der Waals surface area contributed by atoms with Gasteiger partial charge in [0.1, 0.15) is 22.3 Å².